The van der Waals surface area contributed by atoms with E-state index >= 15 is 0 Å². The van der Waals surface area contributed by atoms with Gasteiger partial charge in [0.15, 0.2) is 23.3 Å². The van der Waals surface area contributed by atoms with Gasteiger partial charge in [0.25, 0.3) is 23.6 Å². The topological polar surface area (TPSA) is 322 Å². The molecule has 21 heteroatoms. The Morgan fingerprint density at radius 3 is 1.69 bits per heavy atom. The first kappa shape index (κ1) is 47.7. The van der Waals surface area contributed by atoms with E-state index < -0.39 is 70.6 Å². The van der Waals surface area contributed by atoms with Gasteiger partial charge in [-0.3, -0.25) is 28.8 Å². The number of carboxylic acid groups (broad SMARTS) is 1. The summed E-state index contributed by atoms with van der Waals surface area (Å²) < 4.78 is 16.2. The van der Waals surface area contributed by atoms with Crippen LogP contribution < -0.4 is 47.0 Å². The minimum atomic E-state index is -1.65. The quantitative estimate of drug-likeness (QED) is 0.0565. The van der Waals surface area contributed by atoms with E-state index in [0.717, 1.165) is 7.11 Å². The Kier molecular flexibility index (Phi) is 15.5. The van der Waals surface area contributed by atoms with E-state index in [0.29, 0.717) is 5.69 Å². The Morgan fingerprint density at radius 2 is 1.17 bits per heavy atom. The van der Waals surface area contributed by atoms with Gasteiger partial charge in [0.1, 0.15) is 11.8 Å². The fraction of sp³-hybridized carbons (Fsp3) is 0.159. The molecule has 0 bridgehead atoms. The second kappa shape index (κ2) is 21.1. The number of hydrogen-bond donors (Lipinski definition) is 10. The number of carbonyl (C=O) groups excluding carboxylic acids is 6. The molecule has 11 N–H and O–H groups in total. The third kappa shape index (κ3) is 12.0. The molecule has 5 aromatic carbocycles. The molecule has 0 aliphatic carbocycles. The van der Waals surface area contributed by atoms with Gasteiger partial charge < -0.3 is 61.9 Å². The fourth-order valence-corrected chi connectivity index (χ4v) is 6.04. The maximum atomic E-state index is 13.6. The van der Waals surface area contributed by atoms with Gasteiger partial charge in [0.05, 0.1) is 35.7 Å². The molecular weight excluding hydrogens is 851 g/mol. The summed E-state index contributed by atoms with van der Waals surface area (Å²) in [4.78, 5) is 89.9. The zero-order chi connectivity index (χ0) is 47.5. The molecule has 0 saturated carbocycles. The highest BCUT2D eigenvalue weighted by atomic mass is 16.8. The van der Waals surface area contributed by atoms with E-state index in [1.54, 1.807) is 13.8 Å². The molecule has 5 aromatic rings. The summed E-state index contributed by atoms with van der Waals surface area (Å²) in [5, 5.41) is 52.3. The van der Waals surface area contributed by atoms with Crippen molar-refractivity contribution in [2.75, 3.05) is 35.5 Å². The van der Waals surface area contributed by atoms with Crippen LogP contribution >= 0.6 is 0 Å². The number of aromatic carboxylic acids is 1. The number of nitrogens with one attached hydrogen (secondary N) is 6. The molecule has 0 aromatic heterocycles. The monoisotopic (exact) mass is 893 g/mol. The van der Waals surface area contributed by atoms with Gasteiger partial charge in [-0.25, -0.2) is 10.0 Å². The van der Waals surface area contributed by atoms with Gasteiger partial charge >= 0.3 is 5.97 Å². The van der Waals surface area contributed by atoms with Gasteiger partial charge in [0, 0.05) is 47.3 Å². The first-order valence-corrected chi connectivity index (χ1v) is 19.3. The van der Waals surface area contributed by atoms with Crippen LogP contribution in [-0.2, 0) is 14.3 Å². The predicted molar refractivity (Wildman–Crippen MR) is 233 cm³/mol. The highest BCUT2D eigenvalue weighted by Gasteiger charge is 2.34. The molecule has 0 saturated heterocycles. The van der Waals surface area contributed by atoms with Crippen molar-refractivity contribution in [1.82, 2.24) is 5.32 Å². The number of benzene rings is 5. The number of amides is 6. The van der Waals surface area contributed by atoms with E-state index in [1.165, 1.54) is 110 Å². The van der Waals surface area contributed by atoms with E-state index in [9.17, 15) is 49.0 Å². The molecule has 3 atom stereocenters. The number of primary amides is 1. The molecule has 0 aliphatic rings. The van der Waals surface area contributed by atoms with Gasteiger partial charge in [-0.2, -0.15) is 5.23 Å². The number of phenolic OH excluding ortho intramolecular Hbond substituents is 1. The molecule has 1 unspecified atom stereocenters. The van der Waals surface area contributed by atoms with Crippen LogP contribution in [0.25, 0.3) is 0 Å². The van der Waals surface area contributed by atoms with Crippen molar-refractivity contribution in [3.05, 3.63) is 136 Å². The maximum Gasteiger partial charge on any atom is 0.335 e. The lowest BCUT2D eigenvalue weighted by atomic mass is 10.1. The summed E-state index contributed by atoms with van der Waals surface area (Å²) in [5.74, 6) is -6.80. The second-order valence-corrected chi connectivity index (χ2v) is 14.1. The van der Waals surface area contributed by atoms with Crippen LogP contribution in [0.2, 0.25) is 0 Å². The Balaban J connectivity index is 1.26. The largest absolute Gasteiger partial charge is 0.595 e. The van der Waals surface area contributed by atoms with Crippen molar-refractivity contribution in [2.45, 2.75) is 32.1 Å². The number of methoxy groups -OCH3 is 2. The average Bonchev–Trinajstić information content (AvgIpc) is 3.27. The van der Waals surface area contributed by atoms with Crippen LogP contribution in [0.3, 0.4) is 0 Å². The molecule has 0 spiro atoms. The number of quaternary nitrogens is 1. The zero-order valence-electron chi connectivity index (χ0n) is 35.0. The van der Waals surface area contributed by atoms with E-state index in [2.05, 4.69) is 26.6 Å². The summed E-state index contributed by atoms with van der Waals surface area (Å²) in [7, 11) is 2.40. The van der Waals surface area contributed by atoms with Crippen LogP contribution in [0.5, 0.6) is 17.2 Å². The molecule has 0 fully saturated rings. The lowest BCUT2D eigenvalue weighted by molar-refractivity contribution is -0.991. The number of carboxylic acids is 1. The van der Waals surface area contributed by atoms with Crippen molar-refractivity contribution in [3.8, 4) is 17.2 Å². The van der Waals surface area contributed by atoms with Gasteiger partial charge in [-0.15, -0.1) is 0 Å². The summed E-state index contributed by atoms with van der Waals surface area (Å²) in [6, 6.07) is 20.9. The fourth-order valence-electron chi connectivity index (χ4n) is 6.04. The molecule has 0 aliphatic heterocycles. The summed E-state index contributed by atoms with van der Waals surface area (Å²) in [6.07, 6.45) is -2.15. The number of aromatic hydroxyl groups is 1. The number of rotatable bonds is 18. The second-order valence-electron chi connectivity index (χ2n) is 14.1. The van der Waals surface area contributed by atoms with Crippen LogP contribution in [0, 0.1) is 5.21 Å². The molecule has 6 amide bonds. The normalized spacial score (nSPS) is 12.2. The summed E-state index contributed by atoms with van der Waals surface area (Å²) in [5.41, 5.74) is 6.01. The van der Waals surface area contributed by atoms with Crippen molar-refractivity contribution >= 4 is 69.8 Å². The lowest BCUT2D eigenvalue weighted by Crippen LogP contribution is -2.99. The first-order valence-electron chi connectivity index (χ1n) is 19.3. The van der Waals surface area contributed by atoms with E-state index in [4.69, 9.17) is 25.2 Å². The van der Waals surface area contributed by atoms with Gasteiger partial charge in [-0.1, -0.05) is 0 Å². The molecule has 0 heterocycles. The smallest absolute Gasteiger partial charge is 0.335 e. The van der Waals surface area contributed by atoms with Crippen molar-refractivity contribution < 1.29 is 68.4 Å². The lowest BCUT2D eigenvalue weighted by Gasteiger charge is -2.24. The van der Waals surface area contributed by atoms with Crippen molar-refractivity contribution in [3.63, 3.8) is 0 Å². The zero-order valence-corrected chi connectivity index (χ0v) is 35.0. The maximum absolute atomic E-state index is 13.6. The van der Waals surface area contributed by atoms with Crippen LogP contribution in [-0.4, -0.2) is 89.3 Å². The minimum absolute atomic E-state index is 0.00152. The highest BCUT2D eigenvalue weighted by molar-refractivity contribution is 6.10. The number of hydrogen-bond acceptors (Lipinski definition) is 13. The van der Waals surface area contributed by atoms with Crippen LogP contribution in [0.4, 0.5) is 28.4 Å². The third-order valence-electron chi connectivity index (χ3n) is 9.29. The standard InChI is InChI=1S/C44H43N7O14/c1-22(2)65-36-32(20-18-30(35(36)52)42(57)48-31-19-11-26(44(59)60)21-33(31)63-3)49-40(55)23-5-14-28(15-6-23)47-43(58)34(37(64-4)38(45)53)50-41(56)24-7-12-27(13-8-24)46-39(54)25-9-16-29(17-10-25)51(61)62/h5-22,34,37,51-52,61H,1-4H3,(H2,45,53)(H,46,54)(H,47,58)(H,48,57)(H,49,55)(H,50,56)(H,59,60)/t34-,37+/m0/s1. The van der Waals surface area contributed by atoms with Gasteiger partial charge in [-0.05, 0) is 105 Å². The first-order chi connectivity index (χ1) is 30.9. The summed E-state index contributed by atoms with van der Waals surface area (Å²) in [6.45, 7) is 3.31. The van der Waals surface area contributed by atoms with Gasteiger partial charge in [0.2, 0.25) is 11.8 Å². The Bertz CT molecular complexity index is 2600. The number of ether oxygens (including phenoxy) is 3. The molecule has 338 valence electrons. The van der Waals surface area contributed by atoms with E-state index in [1.807, 2.05) is 0 Å². The molecule has 0 radical (unpaired) electrons. The minimum Gasteiger partial charge on any atom is -0.595 e. The SMILES string of the molecule is COc1cc(C(=O)O)ccc1NC(=O)c1ccc(NC(=O)c2ccc(NC(=O)[C@@H](NC(=O)c3ccc(NC(=O)c4ccc([NH+]([O-])O)cc4)cc3)[C@@H](OC)C(N)=O)cc2)c(OC(C)C)c1O. The third-order valence-corrected chi connectivity index (χ3v) is 9.29. The molecule has 5 rings (SSSR count). The summed E-state index contributed by atoms with van der Waals surface area (Å²) >= 11 is 0. The number of nitrogens with two attached hydrogens (primary N) is 1. The van der Waals surface area contributed by atoms with Crippen molar-refractivity contribution in [1.29, 1.82) is 0 Å². The molecule has 65 heavy (non-hydrogen) atoms. The highest BCUT2D eigenvalue weighted by Crippen LogP contribution is 2.39. The Labute approximate surface area is 369 Å². The Morgan fingerprint density at radius 1 is 0.662 bits per heavy atom. The average molecular weight is 894 g/mol. The predicted octanol–water partition coefficient (Wildman–Crippen LogP) is 3.28. The number of anilines is 4. The Hall–Kier alpha value is -8.37. The van der Waals surface area contributed by atoms with Crippen LogP contribution in [0.1, 0.15) is 65.6 Å². The number of phenols is 1. The number of carbonyl (C=O) groups is 7. The van der Waals surface area contributed by atoms with Crippen molar-refractivity contribution in [2.24, 2.45) is 5.73 Å². The molecular formula is C44H43N7O14. The van der Waals surface area contributed by atoms with E-state index in [-0.39, 0.29) is 62.1 Å². The molecule has 21 nitrogen and oxygen atoms in total. The van der Waals surface area contributed by atoms with Crippen LogP contribution in [0.15, 0.2) is 103 Å².